The number of para-hydroxylation sites is 1. The Hall–Kier alpha value is -2.73. The predicted molar refractivity (Wildman–Crippen MR) is 117 cm³/mol. The molecule has 158 valence electrons. The van der Waals surface area contributed by atoms with Gasteiger partial charge in [0.05, 0.1) is 5.52 Å². The van der Waals surface area contributed by atoms with Crippen LogP contribution in [0.1, 0.15) is 42.0 Å². The largest absolute Gasteiger partial charge is 0.337 e. The highest BCUT2D eigenvalue weighted by molar-refractivity contribution is 5.94. The Kier molecular flexibility index (Phi) is 5.60. The van der Waals surface area contributed by atoms with Crippen molar-refractivity contribution in [3.05, 3.63) is 65.2 Å². The van der Waals surface area contributed by atoms with E-state index in [-0.39, 0.29) is 17.8 Å². The van der Waals surface area contributed by atoms with Gasteiger partial charge in [-0.25, -0.2) is 9.37 Å². The van der Waals surface area contributed by atoms with E-state index in [1.165, 1.54) is 6.07 Å². The van der Waals surface area contributed by atoms with Crippen LogP contribution in [-0.4, -0.2) is 57.5 Å². The maximum Gasteiger partial charge on any atom is 0.253 e. The normalized spacial score (nSPS) is 17.2. The number of halogens is 1. The highest BCUT2D eigenvalue weighted by atomic mass is 19.1. The lowest BCUT2D eigenvalue weighted by Gasteiger charge is -2.26. The van der Waals surface area contributed by atoms with Gasteiger partial charge in [-0.1, -0.05) is 18.2 Å². The molecule has 2 heterocycles. The molecule has 0 N–H and O–H groups in total. The summed E-state index contributed by atoms with van der Waals surface area (Å²) in [5, 5.41) is 0. The molecule has 1 saturated heterocycles. The summed E-state index contributed by atoms with van der Waals surface area (Å²) in [4.78, 5) is 21.7. The average molecular weight is 409 g/mol. The molecular formula is C24H29FN4O. The lowest BCUT2D eigenvalue weighted by molar-refractivity contribution is 0.0732. The molecule has 1 aromatic heterocycles. The fraction of sp³-hybridized carbons (Fsp3) is 0.417. The first-order valence-corrected chi connectivity index (χ1v) is 10.6. The molecule has 4 rings (SSSR count). The molecule has 2 aromatic carbocycles. The number of aromatic nitrogens is 2. The summed E-state index contributed by atoms with van der Waals surface area (Å²) in [6.45, 7) is 8.75. The number of carbonyl (C=O) groups is 1. The molecule has 5 nitrogen and oxygen atoms in total. The maximum absolute atomic E-state index is 14.3. The second-order valence-corrected chi connectivity index (χ2v) is 8.50. The van der Waals surface area contributed by atoms with E-state index in [0.717, 1.165) is 30.9 Å². The van der Waals surface area contributed by atoms with E-state index >= 15 is 0 Å². The summed E-state index contributed by atoms with van der Waals surface area (Å²) >= 11 is 0. The van der Waals surface area contributed by atoms with E-state index < -0.39 is 0 Å². The van der Waals surface area contributed by atoms with Crippen LogP contribution in [0.15, 0.2) is 42.5 Å². The van der Waals surface area contributed by atoms with Crippen LogP contribution in [0.2, 0.25) is 0 Å². The molecule has 0 spiro atoms. The number of likely N-dealkylation sites (N-methyl/N-ethyl adjacent to an activating group) is 1. The molecule has 0 aliphatic carbocycles. The van der Waals surface area contributed by atoms with Crippen molar-refractivity contribution in [2.75, 3.05) is 20.1 Å². The fourth-order valence-corrected chi connectivity index (χ4v) is 4.31. The number of likely N-dealkylation sites (tertiary alicyclic amines) is 1. The van der Waals surface area contributed by atoms with Gasteiger partial charge in [0.25, 0.3) is 5.91 Å². The molecule has 1 aliphatic rings. The zero-order chi connectivity index (χ0) is 21.4. The van der Waals surface area contributed by atoms with Gasteiger partial charge in [0.1, 0.15) is 17.2 Å². The Morgan fingerprint density at radius 2 is 1.97 bits per heavy atom. The molecular weight excluding hydrogens is 379 g/mol. The second kappa shape index (κ2) is 8.19. The Morgan fingerprint density at radius 1 is 1.23 bits per heavy atom. The average Bonchev–Trinajstić information content (AvgIpc) is 3.34. The Balaban J connectivity index is 1.48. The van der Waals surface area contributed by atoms with E-state index in [4.69, 9.17) is 0 Å². The van der Waals surface area contributed by atoms with E-state index in [2.05, 4.69) is 23.7 Å². The van der Waals surface area contributed by atoms with Gasteiger partial charge in [0, 0.05) is 44.3 Å². The van der Waals surface area contributed by atoms with Crippen LogP contribution in [0.3, 0.4) is 0 Å². The molecule has 1 unspecified atom stereocenters. The summed E-state index contributed by atoms with van der Waals surface area (Å²) in [7, 11) is 1.90. The van der Waals surface area contributed by atoms with Gasteiger partial charge in [-0.15, -0.1) is 0 Å². The zero-order valence-corrected chi connectivity index (χ0v) is 18.1. The summed E-state index contributed by atoms with van der Waals surface area (Å²) < 4.78 is 16.2. The van der Waals surface area contributed by atoms with E-state index in [1.807, 2.05) is 53.8 Å². The summed E-state index contributed by atoms with van der Waals surface area (Å²) in [6, 6.07) is 13.3. The van der Waals surface area contributed by atoms with Gasteiger partial charge in [0.15, 0.2) is 0 Å². The van der Waals surface area contributed by atoms with E-state index in [9.17, 15) is 9.18 Å². The topological polar surface area (TPSA) is 41.4 Å². The molecule has 30 heavy (non-hydrogen) atoms. The minimum Gasteiger partial charge on any atom is -0.337 e. The zero-order valence-electron chi connectivity index (χ0n) is 18.1. The van der Waals surface area contributed by atoms with Crippen molar-refractivity contribution in [2.45, 2.75) is 45.8 Å². The fourth-order valence-electron chi connectivity index (χ4n) is 4.31. The molecule has 6 heteroatoms. The first-order valence-electron chi connectivity index (χ1n) is 10.6. The second-order valence-electron chi connectivity index (χ2n) is 8.50. The van der Waals surface area contributed by atoms with Crippen LogP contribution in [0, 0.1) is 12.7 Å². The van der Waals surface area contributed by atoms with Gasteiger partial charge < -0.3 is 9.47 Å². The van der Waals surface area contributed by atoms with Gasteiger partial charge in [0.2, 0.25) is 0 Å². The van der Waals surface area contributed by atoms with E-state index in [1.54, 1.807) is 6.07 Å². The minimum atomic E-state index is -0.270. The molecule has 1 fully saturated rings. The van der Waals surface area contributed by atoms with Crippen molar-refractivity contribution >= 4 is 16.9 Å². The standard InChI is InChI=1S/C24H29FN4O/c1-16(2)28-13-12-20(15-28)27(4)24(30)19-10-8-18(9-11-19)14-29-17(3)26-22-7-5-6-21(25)23(22)29/h5-11,16,20H,12-15H2,1-4H3. The van der Waals surface area contributed by atoms with Crippen LogP contribution in [0.4, 0.5) is 4.39 Å². The molecule has 1 amide bonds. The number of carbonyl (C=O) groups excluding carboxylic acids is 1. The third-order valence-corrected chi connectivity index (χ3v) is 6.24. The van der Waals surface area contributed by atoms with Gasteiger partial charge in [-0.2, -0.15) is 0 Å². The smallest absolute Gasteiger partial charge is 0.253 e. The SMILES string of the molecule is Cc1nc2cccc(F)c2n1Cc1ccc(C(=O)N(C)C2CCN(C(C)C)C2)cc1. The minimum absolute atomic E-state index is 0.0486. The van der Waals surface area contributed by atoms with Crippen molar-refractivity contribution < 1.29 is 9.18 Å². The van der Waals surface area contributed by atoms with Crippen molar-refractivity contribution in [2.24, 2.45) is 0 Å². The summed E-state index contributed by atoms with van der Waals surface area (Å²) in [5.41, 5.74) is 2.87. The number of benzene rings is 2. The Morgan fingerprint density at radius 3 is 2.63 bits per heavy atom. The first kappa shape index (κ1) is 20.5. The molecule has 0 bridgehead atoms. The van der Waals surface area contributed by atoms with Crippen LogP contribution in [-0.2, 0) is 6.54 Å². The predicted octanol–water partition coefficient (Wildman–Crippen LogP) is 4.09. The number of imidazole rings is 1. The molecule has 3 aromatic rings. The number of hydrogen-bond donors (Lipinski definition) is 0. The Labute approximate surface area is 177 Å². The van der Waals surface area contributed by atoms with Crippen LogP contribution in [0.25, 0.3) is 11.0 Å². The quantitative estimate of drug-likeness (QED) is 0.639. The molecule has 0 radical (unpaired) electrons. The number of hydrogen-bond acceptors (Lipinski definition) is 3. The van der Waals surface area contributed by atoms with Crippen LogP contribution in [0.5, 0.6) is 0 Å². The van der Waals surface area contributed by atoms with Crippen LogP contribution < -0.4 is 0 Å². The molecule has 1 atom stereocenters. The highest BCUT2D eigenvalue weighted by Gasteiger charge is 2.29. The molecule has 0 saturated carbocycles. The summed E-state index contributed by atoms with van der Waals surface area (Å²) in [6.07, 6.45) is 1.01. The van der Waals surface area contributed by atoms with Crippen molar-refractivity contribution in [1.29, 1.82) is 0 Å². The number of amides is 1. The monoisotopic (exact) mass is 408 g/mol. The molecule has 1 aliphatic heterocycles. The Bertz CT molecular complexity index is 1060. The third-order valence-electron chi connectivity index (χ3n) is 6.24. The van der Waals surface area contributed by atoms with Crippen molar-refractivity contribution in [1.82, 2.24) is 19.4 Å². The van der Waals surface area contributed by atoms with Crippen molar-refractivity contribution in [3.63, 3.8) is 0 Å². The maximum atomic E-state index is 14.3. The van der Waals surface area contributed by atoms with Crippen molar-refractivity contribution in [3.8, 4) is 0 Å². The number of aryl methyl sites for hydroxylation is 1. The lowest BCUT2D eigenvalue weighted by atomic mass is 10.1. The van der Waals surface area contributed by atoms with Gasteiger partial charge in [-0.3, -0.25) is 9.69 Å². The summed E-state index contributed by atoms with van der Waals surface area (Å²) in [5.74, 6) is 0.548. The van der Waals surface area contributed by atoms with E-state index in [0.29, 0.717) is 29.2 Å². The highest BCUT2D eigenvalue weighted by Crippen LogP contribution is 2.22. The first-order chi connectivity index (χ1) is 14.3. The number of rotatable bonds is 5. The van der Waals surface area contributed by atoms with Gasteiger partial charge >= 0.3 is 0 Å². The number of nitrogens with zero attached hydrogens (tertiary/aromatic N) is 4. The lowest BCUT2D eigenvalue weighted by Crippen LogP contribution is -2.40. The number of fused-ring (bicyclic) bond motifs is 1. The van der Waals surface area contributed by atoms with Crippen LogP contribution >= 0.6 is 0 Å². The van der Waals surface area contributed by atoms with Gasteiger partial charge in [-0.05, 0) is 57.0 Å². The third kappa shape index (κ3) is 3.84.